The first-order valence-electron chi connectivity index (χ1n) is 6.31. The summed E-state index contributed by atoms with van der Waals surface area (Å²) in [6, 6.07) is 2.13. The second-order valence-electron chi connectivity index (χ2n) is 4.50. The minimum Gasteiger partial charge on any atom is -0.316 e. The fourth-order valence-corrected chi connectivity index (χ4v) is 2.33. The fraction of sp³-hybridized carbons (Fsp3) is 0.429. The smallest absolute Gasteiger partial charge is 0.0835 e. The molecule has 0 spiro atoms. The van der Waals surface area contributed by atoms with E-state index in [1.807, 2.05) is 24.1 Å². The second kappa shape index (κ2) is 5.31. The zero-order valence-corrected chi connectivity index (χ0v) is 11.5. The van der Waals surface area contributed by atoms with Crippen LogP contribution in [-0.2, 0) is 13.0 Å². The van der Waals surface area contributed by atoms with Crippen LogP contribution in [0.15, 0.2) is 18.5 Å². The summed E-state index contributed by atoms with van der Waals surface area (Å²) >= 11 is 0. The molecule has 0 atom stereocenters. The lowest BCUT2D eigenvalue weighted by Gasteiger charge is -2.06. The summed E-state index contributed by atoms with van der Waals surface area (Å²) in [6.07, 6.45) is 4.76. The molecule has 18 heavy (non-hydrogen) atoms. The Morgan fingerprint density at radius 2 is 2.06 bits per heavy atom. The zero-order valence-electron chi connectivity index (χ0n) is 11.5. The van der Waals surface area contributed by atoms with Crippen LogP contribution in [-0.4, -0.2) is 21.8 Å². The predicted molar refractivity (Wildman–Crippen MR) is 73.0 cm³/mol. The molecule has 0 fully saturated rings. The van der Waals surface area contributed by atoms with Crippen molar-refractivity contribution in [2.75, 3.05) is 7.05 Å². The number of nitrogens with zero attached hydrogens (tertiary/aromatic N) is 3. The van der Waals surface area contributed by atoms with Gasteiger partial charge in [0.25, 0.3) is 0 Å². The Balaban J connectivity index is 2.45. The lowest BCUT2D eigenvalue weighted by molar-refractivity contribution is 0.795. The van der Waals surface area contributed by atoms with Gasteiger partial charge in [0, 0.05) is 18.4 Å². The highest BCUT2D eigenvalue weighted by atomic mass is 15.3. The lowest BCUT2D eigenvalue weighted by atomic mass is 10.1. The maximum absolute atomic E-state index is 4.61. The van der Waals surface area contributed by atoms with Gasteiger partial charge in [-0.1, -0.05) is 6.92 Å². The topological polar surface area (TPSA) is 42.7 Å². The van der Waals surface area contributed by atoms with Crippen molar-refractivity contribution in [3.8, 4) is 5.69 Å². The minimum absolute atomic E-state index is 0.820. The maximum Gasteiger partial charge on any atom is 0.0835 e. The molecule has 96 valence electrons. The van der Waals surface area contributed by atoms with Crippen molar-refractivity contribution in [2.24, 2.45) is 0 Å². The molecule has 0 radical (unpaired) electrons. The van der Waals surface area contributed by atoms with Crippen molar-refractivity contribution in [3.63, 3.8) is 0 Å². The van der Waals surface area contributed by atoms with Gasteiger partial charge in [-0.25, -0.2) is 4.68 Å². The van der Waals surface area contributed by atoms with Gasteiger partial charge in [-0.2, -0.15) is 5.10 Å². The molecule has 0 saturated heterocycles. The number of nitrogens with one attached hydrogen (secondary N) is 1. The van der Waals surface area contributed by atoms with E-state index in [0.717, 1.165) is 24.3 Å². The van der Waals surface area contributed by atoms with Crippen LogP contribution in [0, 0.1) is 13.8 Å². The summed E-state index contributed by atoms with van der Waals surface area (Å²) in [4.78, 5) is 4.28. The van der Waals surface area contributed by atoms with Gasteiger partial charge in [0.15, 0.2) is 0 Å². The Hall–Kier alpha value is -1.68. The van der Waals surface area contributed by atoms with Crippen LogP contribution in [0.25, 0.3) is 5.69 Å². The van der Waals surface area contributed by atoms with Crippen molar-refractivity contribution >= 4 is 0 Å². The van der Waals surface area contributed by atoms with Crippen molar-refractivity contribution in [2.45, 2.75) is 33.7 Å². The maximum atomic E-state index is 4.61. The summed E-state index contributed by atoms with van der Waals surface area (Å²) in [7, 11) is 1.94. The molecule has 0 aliphatic carbocycles. The summed E-state index contributed by atoms with van der Waals surface area (Å²) in [5, 5.41) is 7.74. The third-order valence-electron chi connectivity index (χ3n) is 3.20. The normalized spacial score (nSPS) is 10.9. The molecule has 0 aromatic carbocycles. The molecule has 2 rings (SSSR count). The van der Waals surface area contributed by atoms with Gasteiger partial charge in [-0.3, -0.25) is 4.98 Å². The molecule has 2 aromatic heterocycles. The van der Waals surface area contributed by atoms with Crippen molar-refractivity contribution in [1.29, 1.82) is 0 Å². The molecule has 0 aliphatic heterocycles. The second-order valence-corrected chi connectivity index (χ2v) is 4.50. The molecule has 0 amide bonds. The third kappa shape index (κ3) is 2.29. The third-order valence-corrected chi connectivity index (χ3v) is 3.20. The van der Waals surface area contributed by atoms with Gasteiger partial charge >= 0.3 is 0 Å². The SMILES string of the molecule is CCc1c(C)nn(-c2cncc(CNC)c2)c1C. The van der Waals surface area contributed by atoms with Gasteiger partial charge in [0.2, 0.25) is 0 Å². The van der Waals surface area contributed by atoms with E-state index < -0.39 is 0 Å². The Kier molecular flexibility index (Phi) is 3.77. The lowest BCUT2D eigenvalue weighted by Crippen LogP contribution is -2.07. The summed E-state index contributed by atoms with van der Waals surface area (Å²) < 4.78 is 1.99. The minimum atomic E-state index is 0.820. The number of hydrogen-bond acceptors (Lipinski definition) is 3. The average Bonchev–Trinajstić information content (AvgIpc) is 2.65. The van der Waals surface area contributed by atoms with Crippen LogP contribution < -0.4 is 5.32 Å². The highest BCUT2D eigenvalue weighted by Gasteiger charge is 2.11. The van der Waals surface area contributed by atoms with E-state index in [1.165, 1.54) is 16.8 Å². The first kappa shape index (κ1) is 12.8. The van der Waals surface area contributed by atoms with Gasteiger partial charge < -0.3 is 5.32 Å². The van der Waals surface area contributed by atoms with Crippen molar-refractivity contribution in [3.05, 3.63) is 41.0 Å². The van der Waals surface area contributed by atoms with Crippen molar-refractivity contribution < 1.29 is 0 Å². The van der Waals surface area contributed by atoms with E-state index in [-0.39, 0.29) is 0 Å². The summed E-state index contributed by atoms with van der Waals surface area (Å²) in [6.45, 7) is 7.16. The Labute approximate surface area is 108 Å². The monoisotopic (exact) mass is 244 g/mol. The van der Waals surface area contributed by atoms with E-state index in [9.17, 15) is 0 Å². The molecule has 0 unspecified atom stereocenters. The van der Waals surface area contributed by atoms with Crippen LogP contribution in [0.5, 0.6) is 0 Å². The van der Waals surface area contributed by atoms with E-state index >= 15 is 0 Å². The molecular formula is C14H20N4. The molecule has 4 heteroatoms. The highest BCUT2D eigenvalue weighted by molar-refractivity contribution is 5.37. The van der Waals surface area contributed by atoms with E-state index in [4.69, 9.17) is 0 Å². The van der Waals surface area contributed by atoms with Gasteiger partial charge in [-0.15, -0.1) is 0 Å². The average molecular weight is 244 g/mol. The molecule has 2 heterocycles. The Morgan fingerprint density at radius 1 is 1.28 bits per heavy atom. The summed E-state index contributed by atoms with van der Waals surface area (Å²) in [5.74, 6) is 0. The van der Waals surface area contributed by atoms with Gasteiger partial charge in [0.05, 0.1) is 17.6 Å². The number of pyridine rings is 1. The number of aromatic nitrogens is 3. The zero-order chi connectivity index (χ0) is 13.1. The van der Waals surface area contributed by atoms with E-state index in [1.54, 1.807) is 0 Å². The van der Waals surface area contributed by atoms with Crippen LogP contribution in [0.1, 0.15) is 29.4 Å². The molecule has 0 aliphatic rings. The molecule has 0 saturated carbocycles. The van der Waals surface area contributed by atoms with Crippen LogP contribution in [0.4, 0.5) is 0 Å². The highest BCUT2D eigenvalue weighted by Crippen LogP contribution is 2.18. The molecule has 1 N–H and O–H groups in total. The first-order valence-corrected chi connectivity index (χ1v) is 6.31. The molecule has 2 aromatic rings. The number of hydrogen-bond donors (Lipinski definition) is 1. The van der Waals surface area contributed by atoms with E-state index in [2.05, 4.69) is 42.2 Å². The van der Waals surface area contributed by atoms with Crippen LogP contribution in [0.2, 0.25) is 0 Å². The van der Waals surface area contributed by atoms with E-state index in [0.29, 0.717) is 0 Å². The quantitative estimate of drug-likeness (QED) is 0.896. The predicted octanol–water partition coefficient (Wildman–Crippen LogP) is 2.17. The Morgan fingerprint density at radius 3 is 2.67 bits per heavy atom. The molecular weight excluding hydrogens is 224 g/mol. The number of rotatable bonds is 4. The van der Waals surface area contributed by atoms with Crippen LogP contribution in [0.3, 0.4) is 0 Å². The molecule has 4 nitrogen and oxygen atoms in total. The van der Waals surface area contributed by atoms with Gasteiger partial charge in [0.1, 0.15) is 0 Å². The first-order chi connectivity index (χ1) is 8.67. The fourth-order valence-electron chi connectivity index (χ4n) is 2.33. The largest absolute Gasteiger partial charge is 0.316 e. The van der Waals surface area contributed by atoms with Crippen LogP contribution >= 0.6 is 0 Å². The summed E-state index contributed by atoms with van der Waals surface area (Å²) in [5.41, 5.74) is 5.84. The van der Waals surface area contributed by atoms with Gasteiger partial charge in [-0.05, 0) is 44.5 Å². The standard InChI is InChI=1S/C14H20N4/c1-5-14-10(2)17-18(11(14)3)13-6-12(7-15-4)8-16-9-13/h6,8-9,15H,5,7H2,1-4H3. The number of aryl methyl sites for hydroxylation is 1. The van der Waals surface area contributed by atoms with Crippen molar-refractivity contribution in [1.82, 2.24) is 20.1 Å². The Bertz CT molecular complexity index is 543. The molecule has 0 bridgehead atoms.